The summed E-state index contributed by atoms with van der Waals surface area (Å²) in [6.45, 7) is 1.65. The number of piperazine rings is 1. The Hall–Kier alpha value is -3.48. The molecule has 1 aromatic carbocycles. The second-order valence-corrected chi connectivity index (χ2v) is 9.37. The SMILES string of the molecule is CN1CCN(S(=O)(=O)c2ccc(N(C(=O)c3nccnc3N)c3cccnc3)cc2F)CC1. The number of hydrogen-bond donors (Lipinski definition) is 1. The lowest BCUT2D eigenvalue weighted by Gasteiger charge is -2.31. The summed E-state index contributed by atoms with van der Waals surface area (Å²) >= 11 is 0. The molecule has 1 aliphatic heterocycles. The van der Waals surface area contributed by atoms with Gasteiger partial charge in [-0.2, -0.15) is 4.31 Å². The van der Waals surface area contributed by atoms with E-state index in [1.165, 1.54) is 35.2 Å². The Morgan fingerprint density at radius 2 is 1.79 bits per heavy atom. The number of halogens is 1. The number of carbonyl (C=O) groups excluding carboxylic acids is 1. The number of nitrogens with two attached hydrogens (primary N) is 1. The van der Waals surface area contributed by atoms with Crippen molar-refractivity contribution in [2.45, 2.75) is 4.90 Å². The van der Waals surface area contributed by atoms with E-state index in [2.05, 4.69) is 15.0 Å². The molecule has 10 nitrogen and oxygen atoms in total. The van der Waals surface area contributed by atoms with Gasteiger partial charge < -0.3 is 10.6 Å². The van der Waals surface area contributed by atoms with Crippen molar-refractivity contribution in [1.29, 1.82) is 0 Å². The number of anilines is 3. The highest BCUT2D eigenvalue weighted by Crippen LogP contribution is 2.31. The Bertz CT molecular complexity index is 1270. The zero-order valence-corrected chi connectivity index (χ0v) is 18.6. The number of sulfonamides is 1. The molecular formula is C21H22FN7O3S. The molecule has 4 rings (SSSR count). The number of nitrogens with zero attached hydrogens (tertiary/aromatic N) is 6. The van der Waals surface area contributed by atoms with Gasteiger partial charge in [-0.05, 0) is 37.4 Å². The van der Waals surface area contributed by atoms with Gasteiger partial charge in [0.1, 0.15) is 10.7 Å². The van der Waals surface area contributed by atoms with Gasteiger partial charge in [0.25, 0.3) is 5.91 Å². The molecule has 3 aromatic rings. The number of carbonyl (C=O) groups is 1. The van der Waals surface area contributed by atoms with Crippen LogP contribution in [-0.4, -0.2) is 71.7 Å². The maximum Gasteiger partial charge on any atom is 0.285 e. The van der Waals surface area contributed by atoms with E-state index in [1.807, 2.05) is 11.9 Å². The normalized spacial score (nSPS) is 15.3. The predicted molar refractivity (Wildman–Crippen MR) is 120 cm³/mol. The first kappa shape index (κ1) is 22.7. The number of likely N-dealkylation sites (N-methyl/N-ethyl adjacent to an activating group) is 1. The molecule has 12 heteroatoms. The first-order valence-electron chi connectivity index (χ1n) is 10.1. The second-order valence-electron chi connectivity index (χ2n) is 7.46. The second kappa shape index (κ2) is 9.17. The number of pyridine rings is 1. The third-order valence-corrected chi connectivity index (χ3v) is 7.22. The summed E-state index contributed by atoms with van der Waals surface area (Å²) in [5.74, 6) is -1.73. The van der Waals surface area contributed by atoms with Crippen LogP contribution in [0.3, 0.4) is 0 Å². The monoisotopic (exact) mass is 471 g/mol. The van der Waals surface area contributed by atoms with E-state index in [4.69, 9.17) is 5.73 Å². The van der Waals surface area contributed by atoms with Crippen molar-refractivity contribution in [2.24, 2.45) is 0 Å². The number of aromatic nitrogens is 3. The summed E-state index contributed by atoms with van der Waals surface area (Å²) in [6, 6.07) is 6.74. The van der Waals surface area contributed by atoms with Crippen molar-refractivity contribution >= 4 is 33.1 Å². The third kappa shape index (κ3) is 4.53. The van der Waals surface area contributed by atoms with E-state index in [-0.39, 0.29) is 30.3 Å². The number of rotatable bonds is 5. The van der Waals surface area contributed by atoms with Crippen LogP contribution in [0.25, 0.3) is 0 Å². The van der Waals surface area contributed by atoms with Gasteiger partial charge in [0.15, 0.2) is 11.5 Å². The third-order valence-electron chi connectivity index (χ3n) is 5.29. The summed E-state index contributed by atoms with van der Waals surface area (Å²) in [5.41, 5.74) is 6.10. The number of benzene rings is 1. The molecule has 0 unspecified atom stereocenters. The highest BCUT2D eigenvalue weighted by molar-refractivity contribution is 7.89. The topological polar surface area (TPSA) is 126 Å². The van der Waals surface area contributed by atoms with Gasteiger partial charge in [-0.15, -0.1) is 0 Å². The number of nitrogen functional groups attached to an aromatic ring is 1. The minimum absolute atomic E-state index is 0.0906. The molecule has 3 heterocycles. The Morgan fingerprint density at radius 3 is 2.42 bits per heavy atom. The van der Waals surface area contributed by atoms with E-state index in [1.54, 1.807) is 12.1 Å². The molecule has 2 N–H and O–H groups in total. The smallest absolute Gasteiger partial charge is 0.285 e. The van der Waals surface area contributed by atoms with Gasteiger partial charge in [-0.3, -0.25) is 14.7 Å². The van der Waals surface area contributed by atoms with Crippen LogP contribution in [0.15, 0.2) is 60.0 Å². The zero-order chi connectivity index (χ0) is 23.6. The van der Waals surface area contributed by atoms with Gasteiger partial charge in [0.05, 0.1) is 17.6 Å². The molecule has 172 valence electrons. The van der Waals surface area contributed by atoms with Crippen molar-refractivity contribution in [3.8, 4) is 0 Å². The zero-order valence-electron chi connectivity index (χ0n) is 17.8. The average molecular weight is 472 g/mol. The molecule has 33 heavy (non-hydrogen) atoms. The number of hydrogen-bond acceptors (Lipinski definition) is 8. The molecule has 1 aliphatic rings. The molecule has 0 atom stereocenters. The van der Waals surface area contributed by atoms with Crippen molar-refractivity contribution in [3.05, 3.63) is 66.6 Å². The van der Waals surface area contributed by atoms with Crippen LogP contribution >= 0.6 is 0 Å². The van der Waals surface area contributed by atoms with Gasteiger partial charge in [-0.25, -0.2) is 22.8 Å². The minimum Gasteiger partial charge on any atom is -0.382 e. The fraction of sp³-hybridized carbons (Fsp3) is 0.238. The maximum absolute atomic E-state index is 15.2. The van der Waals surface area contributed by atoms with Crippen molar-refractivity contribution in [1.82, 2.24) is 24.2 Å². The van der Waals surface area contributed by atoms with Crippen LogP contribution in [0.5, 0.6) is 0 Å². The van der Waals surface area contributed by atoms with Crippen LogP contribution in [0, 0.1) is 5.82 Å². The van der Waals surface area contributed by atoms with Gasteiger partial charge in [0, 0.05) is 44.8 Å². The van der Waals surface area contributed by atoms with Gasteiger partial charge in [-0.1, -0.05) is 0 Å². The lowest BCUT2D eigenvalue weighted by atomic mass is 10.2. The highest BCUT2D eigenvalue weighted by atomic mass is 32.2. The Labute approximate surface area is 190 Å². The highest BCUT2D eigenvalue weighted by Gasteiger charge is 2.31. The molecule has 1 fully saturated rings. The fourth-order valence-corrected chi connectivity index (χ4v) is 4.96. The molecule has 0 spiro atoms. The molecule has 1 amide bonds. The van der Waals surface area contributed by atoms with Crippen molar-refractivity contribution in [2.75, 3.05) is 43.9 Å². The fourth-order valence-electron chi connectivity index (χ4n) is 3.49. The molecule has 0 bridgehead atoms. The lowest BCUT2D eigenvalue weighted by molar-refractivity contribution is 0.0995. The Kier molecular flexibility index (Phi) is 6.31. The predicted octanol–water partition coefficient (Wildman–Crippen LogP) is 1.51. The van der Waals surface area contributed by atoms with E-state index in [9.17, 15) is 13.2 Å². The minimum atomic E-state index is -4.03. The van der Waals surface area contributed by atoms with E-state index >= 15 is 4.39 Å². The van der Waals surface area contributed by atoms with Crippen LogP contribution in [0.4, 0.5) is 21.6 Å². The van der Waals surface area contributed by atoms with Gasteiger partial charge in [0.2, 0.25) is 10.0 Å². The largest absolute Gasteiger partial charge is 0.382 e. The molecule has 1 saturated heterocycles. The van der Waals surface area contributed by atoms with Crippen molar-refractivity contribution < 1.29 is 17.6 Å². The molecule has 0 radical (unpaired) electrons. The van der Waals surface area contributed by atoms with Crippen LogP contribution in [-0.2, 0) is 10.0 Å². The standard InChI is InChI=1S/C21H22FN7O3S/c1-27-9-11-28(12-10-27)33(31,32)18-5-4-15(13-17(18)22)29(16-3-2-6-24-14-16)21(30)19-20(23)26-8-7-25-19/h2-8,13-14H,9-12H2,1H3,(H2,23,26). The van der Waals surface area contributed by atoms with Gasteiger partial charge >= 0.3 is 0 Å². The lowest BCUT2D eigenvalue weighted by Crippen LogP contribution is -2.47. The molecule has 0 aliphatic carbocycles. The summed E-state index contributed by atoms with van der Waals surface area (Å²) in [7, 11) is -2.13. The van der Waals surface area contributed by atoms with Crippen LogP contribution < -0.4 is 10.6 Å². The van der Waals surface area contributed by atoms with E-state index < -0.39 is 26.6 Å². The summed E-state index contributed by atoms with van der Waals surface area (Å²) in [5, 5.41) is 0. The van der Waals surface area contributed by atoms with Crippen LogP contribution in [0.1, 0.15) is 10.5 Å². The first-order valence-corrected chi connectivity index (χ1v) is 11.5. The van der Waals surface area contributed by atoms with Crippen molar-refractivity contribution in [3.63, 3.8) is 0 Å². The average Bonchev–Trinajstić information content (AvgIpc) is 2.80. The van der Waals surface area contributed by atoms with E-state index in [0.717, 1.165) is 17.0 Å². The quantitative estimate of drug-likeness (QED) is 0.594. The molecule has 2 aromatic heterocycles. The Morgan fingerprint density at radius 1 is 1.06 bits per heavy atom. The number of amides is 1. The summed E-state index contributed by atoms with van der Waals surface area (Å²) in [4.78, 5) is 27.9. The molecular weight excluding hydrogens is 449 g/mol. The maximum atomic E-state index is 15.2. The van der Waals surface area contributed by atoms with E-state index in [0.29, 0.717) is 18.8 Å². The summed E-state index contributed by atoms with van der Waals surface area (Å²) < 4.78 is 42.5. The molecule has 0 saturated carbocycles. The summed E-state index contributed by atoms with van der Waals surface area (Å²) in [6.07, 6.45) is 5.60. The van der Waals surface area contributed by atoms with Crippen LogP contribution in [0.2, 0.25) is 0 Å². The first-order chi connectivity index (χ1) is 15.8. The Balaban J connectivity index is 1.74.